The molecule has 0 aromatic carbocycles. The lowest BCUT2D eigenvalue weighted by Gasteiger charge is -2.38. The van der Waals surface area contributed by atoms with Crippen LogP contribution in [0, 0.1) is 5.41 Å². The fraction of sp³-hybridized carbons (Fsp3) is 0.625. The summed E-state index contributed by atoms with van der Waals surface area (Å²) in [6, 6.07) is 2.63. The van der Waals surface area contributed by atoms with Crippen LogP contribution in [0.25, 0.3) is 0 Å². The maximum Gasteiger partial charge on any atom is 0.137 e. The van der Waals surface area contributed by atoms with E-state index in [1.807, 2.05) is 12.3 Å². The molecule has 22 heavy (non-hydrogen) atoms. The lowest BCUT2D eigenvalue weighted by molar-refractivity contribution is 0.130. The molecule has 120 valence electrons. The molecule has 1 saturated carbocycles. The average Bonchev–Trinajstić information content (AvgIpc) is 2.56. The summed E-state index contributed by atoms with van der Waals surface area (Å²) in [6.45, 7) is 3.92. The molecule has 0 unspecified atom stereocenters. The molecule has 1 saturated heterocycles. The van der Waals surface area contributed by atoms with Crippen LogP contribution in [0.4, 0.5) is 5.82 Å². The predicted octanol–water partition coefficient (Wildman–Crippen LogP) is 2.80. The van der Waals surface area contributed by atoms with Gasteiger partial charge in [-0.3, -0.25) is 5.43 Å². The number of nitrogens with zero attached hydrogens (tertiary/aromatic N) is 3. The van der Waals surface area contributed by atoms with Crippen LogP contribution >= 0.6 is 15.9 Å². The Hall–Kier alpha value is -0.980. The highest BCUT2D eigenvalue weighted by Gasteiger charge is 2.22. The van der Waals surface area contributed by atoms with Crippen molar-refractivity contribution in [1.82, 2.24) is 15.4 Å². The van der Waals surface area contributed by atoms with Gasteiger partial charge in [-0.1, -0.05) is 19.3 Å². The van der Waals surface area contributed by atoms with Crippen molar-refractivity contribution in [3.63, 3.8) is 0 Å². The van der Waals surface area contributed by atoms with Crippen LogP contribution in [0.2, 0.25) is 0 Å². The Morgan fingerprint density at radius 2 is 1.91 bits per heavy atom. The van der Waals surface area contributed by atoms with Gasteiger partial charge < -0.3 is 10.3 Å². The van der Waals surface area contributed by atoms with E-state index < -0.39 is 0 Å². The third kappa shape index (κ3) is 3.86. The highest BCUT2D eigenvalue weighted by Crippen LogP contribution is 2.22. The summed E-state index contributed by atoms with van der Waals surface area (Å²) in [6.07, 6.45) is 9.95. The zero-order valence-electron chi connectivity index (χ0n) is 12.9. The first-order valence-electron chi connectivity index (χ1n) is 8.18. The number of pyridine rings is 1. The number of anilines is 1. The zero-order valence-corrected chi connectivity index (χ0v) is 14.5. The SMILES string of the molecule is N=Cc1cc(Br)cnc1N1CCN(NC2CCCCC2)CC1. The monoisotopic (exact) mass is 365 g/mol. The van der Waals surface area contributed by atoms with Gasteiger partial charge in [0.05, 0.1) is 0 Å². The second-order valence-corrected chi connectivity index (χ2v) is 7.06. The van der Waals surface area contributed by atoms with Crippen LogP contribution in [-0.4, -0.2) is 48.4 Å². The number of nitrogens with one attached hydrogen (secondary N) is 2. The van der Waals surface area contributed by atoms with E-state index in [2.05, 4.69) is 36.2 Å². The molecule has 1 aromatic rings. The topological polar surface area (TPSA) is 55.3 Å². The Morgan fingerprint density at radius 3 is 2.59 bits per heavy atom. The summed E-state index contributed by atoms with van der Waals surface area (Å²) < 4.78 is 0.923. The van der Waals surface area contributed by atoms with Crippen molar-refractivity contribution in [1.29, 1.82) is 5.41 Å². The lowest BCUT2D eigenvalue weighted by atomic mass is 9.96. The third-order valence-corrected chi connectivity index (χ3v) is 5.00. The van der Waals surface area contributed by atoms with Crippen molar-refractivity contribution in [3.8, 4) is 0 Å². The molecule has 6 heteroatoms. The normalized spacial score (nSPS) is 21.0. The summed E-state index contributed by atoms with van der Waals surface area (Å²) in [4.78, 5) is 6.79. The number of halogens is 1. The molecule has 0 radical (unpaired) electrons. The number of hydrogen-bond donors (Lipinski definition) is 2. The van der Waals surface area contributed by atoms with E-state index in [0.29, 0.717) is 6.04 Å². The fourth-order valence-electron chi connectivity index (χ4n) is 3.36. The predicted molar refractivity (Wildman–Crippen MR) is 93.6 cm³/mol. The molecule has 0 atom stereocenters. The van der Waals surface area contributed by atoms with E-state index in [9.17, 15) is 0 Å². The highest BCUT2D eigenvalue weighted by molar-refractivity contribution is 9.10. The summed E-state index contributed by atoms with van der Waals surface area (Å²) in [5.74, 6) is 0.926. The molecular formula is C16H24BrN5. The Bertz CT molecular complexity index is 507. The van der Waals surface area contributed by atoms with E-state index in [0.717, 1.165) is 42.0 Å². The Kier molecular flexibility index (Phi) is 5.44. The van der Waals surface area contributed by atoms with Crippen molar-refractivity contribution >= 4 is 28.0 Å². The Labute approximate surface area is 140 Å². The smallest absolute Gasteiger partial charge is 0.137 e. The molecule has 1 aromatic heterocycles. The van der Waals surface area contributed by atoms with Crippen molar-refractivity contribution in [3.05, 3.63) is 22.3 Å². The summed E-state index contributed by atoms with van der Waals surface area (Å²) in [7, 11) is 0. The summed E-state index contributed by atoms with van der Waals surface area (Å²) in [5, 5.41) is 9.94. The van der Waals surface area contributed by atoms with Crippen molar-refractivity contribution in [2.75, 3.05) is 31.1 Å². The van der Waals surface area contributed by atoms with E-state index in [1.54, 1.807) is 0 Å². The average molecular weight is 366 g/mol. The molecule has 0 spiro atoms. The summed E-state index contributed by atoms with van der Waals surface area (Å²) in [5.41, 5.74) is 4.58. The lowest BCUT2D eigenvalue weighted by Crippen LogP contribution is -2.55. The first kappa shape index (κ1) is 15.9. The molecule has 2 N–H and O–H groups in total. The van der Waals surface area contributed by atoms with Gasteiger partial charge in [0.15, 0.2) is 0 Å². The van der Waals surface area contributed by atoms with E-state index >= 15 is 0 Å². The number of piperazine rings is 1. The van der Waals surface area contributed by atoms with Crippen molar-refractivity contribution < 1.29 is 0 Å². The van der Waals surface area contributed by atoms with Gasteiger partial charge in [0.2, 0.25) is 0 Å². The standard InChI is InChI=1S/C16H24BrN5/c17-14-10-13(11-18)16(19-12-14)21-6-8-22(9-7-21)20-15-4-2-1-3-5-15/h10-12,15,18,20H,1-9H2. The van der Waals surface area contributed by atoms with Crippen LogP contribution < -0.4 is 10.3 Å². The van der Waals surface area contributed by atoms with Gasteiger partial charge in [-0.25, -0.2) is 9.99 Å². The van der Waals surface area contributed by atoms with Gasteiger partial charge in [-0.2, -0.15) is 0 Å². The number of rotatable bonds is 4. The van der Waals surface area contributed by atoms with Gasteiger partial charge in [0.25, 0.3) is 0 Å². The van der Waals surface area contributed by atoms with Crippen LogP contribution in [0.15, 0.2) is 16.7 Å². The molecular weight excluding hydrogens is 342 g/mol. The second-order valence-electron chi connectivity index (χ2n) is 6.15. The summed E-state index contributed by atoms with van der Waals surface area (Å²) >= 11 is 3.42. The Balaban J connectivity index is 1.56. The van der Waals surface area contributed by atoms with Gasteiger partial charge in [0.1, 0.15) is 5.82 Å². The van der Waals surface area contributed by atoms with Crippen molar-refractivity contribution in [2.24, 2.45) is 0 Å². The maximum absolute atomic E-state index is 7.57. The molecule has 0 amide bonds. The molecule has 5 nitrogen and oxygen atoms in total. The first-order chi connectivity index (χ1) is 10.8. The quantitative estimate of drug-likeness (QED) is 0.805. The fourth-order valence-corrected chi connectivity index (χ4v) is 3.70. The van der Waals surface area contributed by atoms with Crippen LogP contribution in [-0.2, 0) is 0 Å². The minimum Gasteiger partial charge on any atom is -0.353 e. The Morgan fingerprint density at radius 1 is 1.18 bits per heavy atom. The highest BCUT2D eigenvalue weighted by atomic mass is 79.9. The van der Waals surface area contributed by atoms with E-state index in [4.69, 9.17) is 5.41 Å². The molecule has 0 bridgehead atoms. The molecule has 3 rings (SSSR count). The second kappa shape index (κ2) is 7.53. The van der Waals surface area contributed by atoms with E-state index in [1.165, 1.54) is 38.3 Å². The van der Waals surface area contributed by atoms with Crippen LogP contribution in [0.3, 0.4) is 0 Å². The van der Waals surface area contributed by atoms with Crippen molar-refractivity contribution in [2.45, 2.75) is 38.1 Å². The van der Waals surface area contributed by atoms with Gasteiger partial charge in [0, 0.05) is 54.7 Å². The largest absolute Gasteiger partial charge is 0.353 e. The van der Waals surface area contributed by atoms with Crippen LogP contribution in [0.5, 0.6) is 0 Å². The van der Waals surface area contributed by atoms with Gasteiger partial charge in [-0.15, -0.1) is 0 Å². The minimum absolute atomic E-state index is 0.670. The molecule has 1 aliphatic carbocycles. The zero-order chi connectivity index (χ0) is 15.4. The molecule has 2 heterocycles. The van der Waals surface area contributed by atoms with Gasteiger partial charge >= 0.3 is 0 Å². The molecule has 1 aliphatic heterocycles. The molecule has 2 aliphatic rings. The van der Waals surface area contributed by atoms with Gasteiger partial charge in [-0.05, 0) is 34.8 Å². The minimum atomic E-state index is 0.670. The number of hydrogen-bond acceptors (Lipinski definition) is 5. The number of hydrazine groups is 1. The first-order valence-corrected chi connectivity index (χ1v) is 8.97. The molecule has 2 fully saturated rings. The van der Waals surface area contributed by atoms with Crippen LogP contribution in [0.1, 0.15) is 37.7 Å². The third-order valence-electron chi connectivity index (χ3n) is 4.57. The number of aromatic nitrogens is 1. The van der Waals surface area contributed by atoms with E-state index in [-0.39, 0.29) is 0 Å². The maximum atomic E-state index is 7.57.